The lowest BCUT2D eigenvalue weighted by Gasteiger charge is -2.08. The largest absolute Gasteiger partial charge is 0.348 e. The normalized spacial score (nSPS) is 13.4. The van der Waals surface area contributed by atoms with Crippen LogP contribution in [-0.2, 0) is 11.3 Å². The average molecular weight is 312 g/mol. The van der Waals surface area contributed by atoms with E-state index in [-0.39, 0.29) is 17.7 Å². The molecule has 2 aromatic carbocycles. The molecular formula is C18H17FN2O2. The molecule has 4 nitrogen and oxygen atoms in total. The van der Waals surface area contributed by atoms with Crippen molar-refractivity contribution >= 4 is 17.5 Å². The predicted octanol–water partition coefficient (Wildman–Crippen LogP) is 3.10. The van der Waals surface area contributed by atoms with Gasteiger partial charge in [-0.2, -0.15) is 0 Å². The number of hydrogen-bond acceptors (Lipinski definition) is 2. The maximum Gasteiger partial charge on any atom is 0.251 e. The first-order chi connectivity index (χ1) is 11.1. The maximum atomic E-state index is 13.1. The Hall–Kier alpha value is -2.69. The molecule has 0 unspecified atom stereocenters. The summed E-state index contributed by atoms with van der Waals surface area (Å²) in [4.78, 5) is 23.6. The SMILES string of the molecule is O=C(NCc1ccc(NC(=O)C2CC2)cc1)c1cccc(F)c1. The summed E-state index contributed by atoms with van der Waals surface area (Å²) in [5.74, 6) is -0.526. The molecule has 2 amide bonds. The van der Waals surface area contributed by atoms with Gasteiger partial charge in [-0.05, 0) is 48.7 Å². The molecule has 2 aromatic rings. The zero-order valence-electron chi connectivity index (χ0n) is 12.5. The van der Waals surface area contributed by atoms with Gasteiger partial charge in [0, 0.05) is 23.7 Å². The fourth-order valence-electron chi connectivity index (χ4n) is 2.21. The highest BCUT2D eigenvalue weighted by Crippen LogP contribution is 2.30. The van der Waals surface area contributed by atoms with E-state index in [1.54, 1.807) is 6.07 Å². The predicted molar refractivity (Wildman–Crippen MR) is 85.4 cm³/mol. The highest BCUT2D eigenvalue weighted by molar-refractivity contribution is 5.94. The molecule has 1 aliphatic rings. The lowest BCUT2D eigenvalue weighted by atomic mass is 10.1. The molecular weight excluding hydrogens is 295 g/mol. The second-order valence-electron chi connectivity index (χ2n) is 5.65. The van der Waals surface area contributed by atoms with Crippen LogP contribution in [0.4, 0.5) is 10.1 Å². The number of amides is 2. The first kappa shape index (κ1) is 15.2. The van der Waals surface area contributed by atoms with Gasteiger partial charge in [0.05, 0.1) is 0 Å². The van der Waals surface area contributed by atoms with Crippen LogP contribution >= 0.6 is 0 Å². The molecule has 0 atom stereocenters. The summed E-state index contributed by atoms with van der Waals surface area (Å²) in [6.07, 6.45) is 1.94. The zero-order valence-corrected chi connectivity index (χ0v) is 12.5. The van der Waals surface area contributed by atoms with Crippen molar-refractivity contribution in [2.75, 3.05) is 5.32 Å². The van der Waals surface area contributed by atoms with Gasteiger partial charge in [-0.3, -0.25) is 9.59 Å². The van der Waals surface area contributed by atoms with Gasteiger partial charge in [-0.1, -0.05) is 18.2 Å². The van der Waals surface area contributed by atoms with Gasteiger partial charge < -0.3 is 10.6 Å². The fraction of sp³-hybridized carbons (Fsp3) is 0.222. The van der Waals surface area contributed by atoms with Crippen molar-refractivity contribution in [2.45, 2.75) is 19.4 Å². The van der Waals surface area contributed by atoms with Crippen molar-refractivity contribution in [3.05, 3.63) is 65.5 Å². The van der Waals surface area contributed by atoms with E-state index in [0.29, 0.717) is 12.1 Å². The van der Waals surface area contributed by atoms with Crippen LogP contribution in [0, 0.1) is 11.7 Å². The van der Waals surface area contributed by atoms with Gasteiger partial charge >= 0.3 is 0 Å². The van der Waals surface area contributed by atoms with E-state index in [1.165, 1.54) is 18.2 Å². The van der Waals surface area contributed by atoms with Crippen molar-refractivity contribution in [2.24, 2.45) is 5.92 Å². The summed E-state index contributed by atoms with van der Waals surface area (Å²) in [5.41, 5.74) is 1.94. The second-order valence-corrected chi connectivity index (χ2v) is 5.65. The van der Waals surface area contributed by atoms with E-state index >= 15 is 0 Å². The molecule has 3 rings (SSSR count). The number of halogens is 1. The quantitative estimate of drug-likeness (QED) is 0.891. The third-order valence-electron chi connectivity index (χ3n) is 3.71. The van der Waals surface area contributed by atoms with Crippen molar-refractivity contribution < 1.29 is 14.0 Å². The van der Waals surface area contributed by atoms with E-state index < -0.39 is 5.82 Å². The molecule has 0 bridgehead atoms. The Kier molecular flexibility index (Phi) is 4.37. The van der Waals surface area contributed by atoms with E-state index in [9.17, 15) is 14.0 Å². The molecule has 0 radical (unpaired) electrons. The van der Waals surface area contributed by atoms with Gasteiger partial charge in [-0.25, -0.2) is 4.39 Å². The molecule has 0 heterocycles. The molecule has 0 spiro atoms. The Labute approximate surface area is 133 Å². The Bertz CT molecular complexity index is 724. The second kappa shape index (κ2) is 6.60. The molecule has 1 aliphatic carbocycles. The summed E-state index contributed by atoms with van der Waals surface area (Å²) in [6.45, 7) is 0.339. The Balaban J connectivity index is 1.53. The number of rotatable bonds is 5. The topological polar surface area (TPSA) is 58.2 Å². The third-order valence-corrected chi connectivity index (χ3v) is 3.71. The van der Waals surface area contributed by atoms with Gasteiger partial charge in [0.2, 0.25) is 5.91 Å². The highest BCUT2D eigenvalue weighted by Gasteiger charge is 2.29. The van der Waals surface area contributed by atoms with Crippen LogP contribution in [0.3, 0.4) is 0 Å². The van der Waals surface area contributed by atoms with Crippen molar-refractivity contribution in [1.29, 1.82) is 0 Å². The summed E-state index contributed by atoms with van der Waals surface area (Å²) in [5, 5.41) is 5.60. The monoisotopic (exact) mass is 312 g/mol. The van der Waals surface area contributed by atoms with Gasteiger partial charge in [0.15, 0.2) is 0 Å². The number of hydrogen-bond donors (Lipinski definition) is 2. The van der Waals surface area contributed by atoms with Crippen molar-refractivity contribution in [1.82, 2.24) is 5.32 Å². The minimum absolute atomic E-state index is 0.0668. The van der Waals surface area contributed by atoms with Gasteiger partial charge in [0.25, 0.3) is 5.91 Å². The molecule has 118 valence electrons. The number of nitrogens with one attached hydrogen (secondary N) is 2. The number of carbonyl (C=O) groups excluding carboxylic acids is 2. The number of anilines is 1. The van der Waals surface area contributed by atoms with Gasteiger partial charge in [0.1, 0.15) is 5.82 Å². The molecule has 0 aromatic heterocycles. The summed E-state index contributed by atoms with van der Waals surface area (Å²) >= 11 is 0. The minimum Gasteiger partial charge on any atom is -0.348 e. The third kappa shape index (κ3) is 4.16. The van der Waals surface area contributed by atoms with Crippen LogP contribution in [0.2, 0.25) is 0 Å². The van der Waals surface area contributed by atoms with Crippen LogP contribution in [0.25, 0.3) is 0 Å². The Morgan fingerprint density at radius 1 is 1.09 bits per heavy atom. The molecule has 1 fully saturated rings. The number of benzene rings is 2. The Morgan fingerprint density at radius 3 is 2.48 bits per heavy atom. The van der Waals surface area contributed by atoms with E-state index in [2.05, 4.69) is 10.6 Å². The van der Waals surface area contributed by atoms with Crippen LogP contribution in [0.15, 0.2) is 48.5 Å². The maximum absolute atomic E-state index is 13.1. The van der Waals surface area contributed by atoms with Crippen LogP contribution < -0.4 is 10.6 Å². The van der Waals surface area contributed by atoms with Crippen molar-refractivity contribution in [3.63, 3.8) is 0 Å². The van der Waals surface area contributed by atoms with Gasteiger partial charge in [-0.15, -0.1) is 0 Å². The first-order valence-corrected chi connectivity index (χ1v) is 7.55. The zero-order chi connectivity index (χ0) is 16.2. The Morgan fingerprint density at radius 2 is 1.83 bits per heavy atom. The van der Waals surface area contributed by atoms with Crippen LogP contribution in [-0.4, -0.2) is 11.8 Å². The fourth-order valence-corrected chi connectivity index (χ4v) is 2.21. The average Bonchev–Trinajstić information content (AvgIpc) is 3.39. The molecule has 0 aliphatic heterocycles. The molecule has 2 N–H and O–H groups in total. The highest BCUT2D eigenvalue weighted by atomic mass is 19.1. The van der Waals surface area contributed by atoms with E-state index in [4.69, 9.17) is 0 Å². The summed E-state index contributed by atoms with van der Waals surface area (Å²) < 4.78 is 13.1. The van der Waals surface area contributed by atoms with Crippen LogP contribution in [0.5, 0.6) is 0 Å². The lowest BCUT2D eigenvalue weighted by Crippen LogP contribution is -2.22. The number of carbonyl (C=O) groups is 2. The summed E-state index contributed by atoms with van der Waals surface area (Å²) in [7, 11) is 0. The lowest BCUT2D eigenvalue weighted by molar-refractivity contribution is -0.117. The molecule has 1 saturated carbocycles. The smallest absolute Gasteiger partial charge is 0.251 e. The minimum atomic E-state index is -0.437. The van der Waals surface area contributed by atoms with Crippen molar-refractivity contribution in [3.8, 4) is 0 Å². The van der Waals surface area contributed by atoms with Crippen LogP contribution in [0.1, 0.15) is 28.8 Å². The summed E-state index contributed by atoms with van der Waals surface area (Å²) in [6, 6.07) is 12.9. The first-order valence-electron chi connectivity index (χ1n) is 7.55. The molecule has 5 heteroatoms. The van der Waals surface area contributed by atoms with E-state index in [1.807, 2.05) is 24.3 Å². The molecule has 23 heavy (non-hydrogen) atoms. The molecule has 0 saturated heterocycles. The van der Waals surface area contributed by atoms with E-state index in [0.717, 1.165) is 24.1 Å². The standard InChI is InChI=1S/C18H17FN2O2/c19-15-3-1-2-14(10-15)17(22)20-11-12-4-8-16(9-5-12)21-18(23)13-6-7-13/h1-5,8-10,13H,6-7,11H2,(H,20,22)(H,21,23).